The Labute approximate surface area is 193 Å². The van der Waals surface area contributed by atoms with E-state index in [-0.39, 0.29) is 11.3 Å². The standard InChI is InChI=1S/C24H31N5O2S/c1-5-20(22(30)25-15-19-7-6-14-32-19)27-23(31)28-21-12-13-26-29(21)16-17-8-10-18(11-9-17)24(2,3)4/h6-14,20H,5,15-16H2,1-4H3,(H,25,30)(H2,27,28,31). The molecule has 7 nitrogen and oxygen atoms in total. The second kappa shape index (κ2) is 10.5. The Hall–Kier alpha value is -3.13. The van der Waals surface area contributed by atoms with Crippen LogP contribution in [0.25, 0.3) is 0 Å². The third-order valence-corrected chi connectivity index (χ3v) is 6.03. The second-order valence-corrected chi connectivity index (χ2v) is 9.71. The third kappa shape index (κ3) is 6.43. The van der Waals surface area contributed by atoms with Gasteiger partial charge in [-0.15, -0.1) is 11.3 Å². The highest BCUT2D eigenvalue weighted by atomic mass is 32.1. The molecule has 2 heterocycles. The molecule has 3 amide bonds. The minimum Gasteiger partial charge on any atom is -0.349 e. The van der Waals surface area contributed by atoms with Gasteiger partial charge in [0.05, 0.1) is 19.3 Å². The van der Waals surface area contributed by atoms with Crippen LogP contribution in [0.1, 0.15) is 50.1 Å². The Bertz CT molecular complexity index is 1020. The molecule has 8 heteroatoms. The van der Waals surface area contributed by atoms with Crippen LogP contribution in [0.4, 0.5) is 10.6 Å². The number of anilines is 1. The molecule has 1 unspecified atom stereocenters. The number of hydrogen-bond donors (Lipinski definition) is 3. The van der Waals surface area contributed by atoms with Crippen molar-refractivity contribution >= 4 is 29.1 Å². The van der Waals surface area contributed by atoms with Crippen LogP contribution in [-0.2, 0) is 23.3 Å². The van der Waals surface area contributed by atoms with Crippen molar-refractivity contribution in [2.45, 2.75) is 58.7 Å². The first-order valence-corrected chi connectivity index (χ1v) is 11.6. The van der Waals surface area contributed by atoms with Crippen molar-refractivity contribution in [2.75, 3.05) is 5.32 Å². The number of nitrogens with one attached hydrogen (secondary N) is 3. The first-order valence-electron chi connectivity index (χ1n) is 10.7. The van der Waals surface area contributed by atoms with E-state index in [0.717, 1.165) is 10.4 Å². The highest BCUT2D eigenvalue weighted by Crippen LogP contribution is 2.22. The molecule has 0 aliphatic rings. The lowest BCUT2D eigenvalue weighted by Gasteiger charge is -2.19. The minimum atomic E-state index is -0.615. The lowest BCUT2D eigenvalue weighted by molar-refractivity contribution is -0.123. The monoisotopic (exact) mass is 453 g/mol. The van der Waals surface area contributed by atoms with Gasteiger partial charge in [-0.3, -0.25) is 10.1 Å². The van der Waals surface area contributed by atoms with E-state index >= 15 is 0 Å². The molecule has 0 spiro atoms. The van der Waals surface area contributed by atoms with Crippen LogP contribution in [-0.4, -0.2) is 27.8 Å². The molecule has 1 atom stereocenters. The highest BCUT2D eigenvalue weighted by Gasteiger charge is 2.19. The maximum absolute atomic E-state index is 12.5. The topological polar surface area (TPSA) is 88.1 Å². The Balaban J connectivity index is 1.56. The summed E-state index contributed by atoms with van der Waals surface area (Å²) in [6, 6.07) is 13.0. The predicted molar refractivity (Wildman–Crippen MR) is 129 cm³/mol. The number of amides is 3. The summed E-state index contributed by atoms with van der Waals surface area (Å²) in [7, 11) is 0. The van der Waals surface area contributed by atoms with E-state index in [1.165, 1.54) is 5.56 Å². The van der Waals surface area contributed by atoms with Gasteiger partial charge in [-0.1, -0.05) is 58.0 Å². The van der Waals surface area contributed by atoms with Crippen LogP contribution >= 0.6 is 11.3 Å². The molecule has 0 fully saturated rings. The fourth-order valence-electron chi connectivity index (χ4n) is 3.22. The smallest absolute Gasteiger partial charge is 0.321 e. The maximum Gasteiger partial charge on any atom is 0.321 e. The number of carbonyl (C=O) groups excluding carboxylic acids is 2. The van der Waals surface area contributed by atoms with Crippen LogP contribution in [0.2, 0.25) is 0 Å². The minimum absolute atomic E-state index is 0.0981. The van der Waals surface area contributed by atoms with E-state index in [9.17, 15) is 9.59 Å². The molecule has 0 aliphatic heterocycles. The Morgan fingerprint density at radius 1 is 1.12 bits per heavy atom. The van der Waals surface area contributed by atoms with Gasteiger partial charge in [-0.05, 0) is 34.4 Å². The number of thiophene rings is 1. The summed E-state index contributed by atoms with van der Waals surface area (Å²) in [5.41, 5.74) is 2.45. The molecule has 3 aromatic rings. The molecule has 3 rings (SSSR count). The molecule has 0 saturated heterocycles. The third-order valence-electron chi connectivity index (χ3n) is 5.16. The zero-order valence-corrected chi connectivity index (χ0v) is 19.8. The van der Waals surface area contributed by atoms with Gasteiger partial charge in [0.25, 0.3) is 0 Å². The van der Waals surface area contributed by atoms with Gasteiger partial charge in [-0.2, -0.15) is 5.10 Å². The summed E-state index contributed by atoms with van der Waals surface area (Å²) in [5.74, 6) is 0.361. The zero-order valence-electron chi connectivity index (χ0n) is 19.0. The Kier molecular flexibility index (Phi) is 7.69. The van der Waals surface area contributed by atoms with Gasteiger partial charge in [0.2, 0.25) is 5.91 Å². The summed E-state index contributed by atoms with van der Waals surface area (Å²) in [6.07, 6.45) is 2.13. The van der Waals surface area contributed by atoms with Crippen molar-refractivity contribution in [3.8, 4) is 0 Å². The Morgan fingerprint density at radius 3 is 2.50 bits per heavy atom. The summed E-state index contributed by atoms with van der Waals surface area (Å²) in [4.78, 5) is 26.0. The molecule has 1 aromatic carbocycles. The lowest BCUT2D eigenvalue weighted by atomic mass is 9.87. The van der Waals surface area contributed by atoms with Gasteiger partial charge in [0.15, 0.2) is 0 Å². The molecule has 0 saturated carbocycles. The maximum atomic E-state index is 12.5. The summed E-state index contributed by atoms with van der Waals surface area (Å²) in [5, 5.41) is 14.7. The van der Waals surface area contributed by atoms with Crippen LogP contribution in [0.15, 0.2) is 54.0 Å². The van der Waals surface area contributed by atoms with Crippen molar-refractivity contribution in [3.05, 3.63) is 70.0 Å². The van der Waals surface area contributed by atoms with E-state index in [2.05, 4.69) is 66.1 Å². The van der Waals surface area contributed by atoms with Gasteiger partial charge in [-0.25, -0.2) is 9.48 Å². The number of rotatable bonds is 8. The molecule has 170 valence electrons. The number of carbonyl (C=O) groups is 2. The van der Waals surface area contributed by atoms with Gasteiger partial charge in [0.1, 0.15) is 11.9 Å². The van der Waals surface area contributed by atoms with E-state index in [0.29, 0.717) is 25.3 Å². The molecule has 0 aliphatic carbocycles. The van der Waals surface area contributed by atoms with Gasteiger partial charge < -0.3 is 10.6 Å². The molecule has 0 bridgehead atoms. The summed E-state index contributed by atoms with van der Waals surface area (Å²) in [6.45, 7) is 9.40. The predicted octanol–water partition coefficient (Wildman–Crippen LogP) is 4.51. The molecule has 32 heavy (non-hydrogen) atoms. The Morgan fingerprint density at radius 2 is 1.88 bits per heavy atom. The first kappa shape index (κ1) is 23.5. The van der Waals surface area contributed by atoms with E-state index in [1.807, 2.05) is 24.4 Å². The average Bonchev–Trinajstić information content (AvgIpc) is 3.42. The van der Waals surface area contributed by atoms with Crippen molar-refractivity contribution in [3.63, 3.8) is 0 Å². The number of benzene rings is 1. The molecule has 0 radical (unpaired) electrons. The molecular formula is C24H31N5O2S. The first-order chi connectivity index (χ1) is 15.3. The quantitative estimate of drug-likeness (QED) is 0.469. The normalized spacial score (nSPS) is 12.2. The zero-order chi connectivity index (χ0) is 23.1. The largest absolute Gasteiger partial charge is 0.349 e. The van der Waals surface area contributed by atoms with E-state index in [1.54, 1.807) is 28.3 Å². The van der Waals surface area contributed by atoms with Crippen LogP contribution in [0.3, 0.4) is 0 Å². The van der Waals surface area contributed by atoms with Crippen LogP contribution in [0.5, 0.6) is 0 Å². The number of nitrogens with zero attached hydrogens (tertiary/aromatic N) is 2. The summed E-state index contributed by atoms with van der Waals surface area (Å²) >= 11 is 1.58. The number of hydrogen-bond acceptors (Lipinski definition) is 4. The van der Waals surface area contributed by atoms with Gasteiger partial charge in [0, 0.05) is 10.9 Å². The lowest BCUT2D eigenvalue weighted by Crippen LogP contribution is -2.47. The SMILES string of the molecule is CCC(NC(=O)Nc1ccnn1Cc1ccc(C(C)(C)C)cc1)C(=O)NCc1cccs1. The van der Waals surface area contributed by atoms with Gasteiger partial charge >= 0.3 is 6.03 Å². The van der Waals surface area contributed by atoms with Crippen molar-refractivity contribution in [1.82, 2.24) is 20.4 Å². The fraction of sp³-hybridized carbons (Fsp3) is 0.375. The average molecular weight is 454 g/mol. The number of aromatic nitrogens is 2. The summed E-state index contributed by atoms with van der Waals surface area (Å²) < 4.78 is 1.73. The highest BCUT2D eigenvalue weighted by molar-refractivity contribution is 7.09. The van der Waals surface area contributed by atoms with Crippen molar-refractivity contribution < 1.29 is 9.59 Å². The van der Waals surface area contributed by atoms with Crippen molar-refractivity contribution in [2.24, 2.45) is 0 Å². The molecule has 2 aromatic heterocycles. The second-order valence-electron chi connectivity index (χ2n) is 8.68. The van der Waals surface area contributed by atoms with Crippen molar-refractivity contribution in [1.29, 1.82) is 0 Å². The number of urea groups is 1. The van der Waals surface area contributed by atoms with Crippen LogP contribution in [0, 0.1) is 0 Å². The van der Waals surface area contributed by atoms with Crippen LogP contribution < -0.4 is 16.0 Å². The molecular weight excluding hydrogens is 422 g/mol. The van der Waals surface area contributed by atoms with E-state index < -0.39 is 12.1 Å². The van der Waals surface area contributed by atoms with E-state index in [4.69, 9.17) is 0 Å². The molecule has 3 N–H and O–H groups in total. The fourth-order valence-corrected chi connectivity index (χ4v) is 3.87.